The summed E-state index contributed by atoms with van der Waals surface area (Å²) in [6.07, 6.45) is 0. The molecule has 2 rings (SSSR count). The summed E-state index contributed by atoms with van der Waals surface area (Å²) in [4.78, 5) is 12.1. The molecule has 2 N–H and O–H groups in total. The van der Waals surface area contributed by atoms with Gasteiger partial charge in [-0.2, -0.15) is 0 Å². The molecule has 0 aromatic heterocycles. The van der Waals surface area contributed by atoms with Gasteiger partial charge in [-0.25, -0.2) is 0 Å². The van der Waals surface area contributed by atoms with Gasteiger partial charge in [0.2, 0.25) is 5.91 Å². The fourth-order valence-corrected chi connectivity index (χ4v) is 2.08. The van der Waals surface area contributed by atoms with Gasteiger partial charge in [0.1, 0.15) is 5.75 Å². The van der Waals surface area contributed by atoms with Crippen molar-refractivity contribution in [2.75, 3.05) is 23.8 Å². The SMILES string of the molecule is CCOc1ccccc1NC(=O)CNc1ccc(C)c(C)c1. The predicted octanol–water partition coefficient (Wildman–Crippen LogP) is 3.75. The summed E-state index contributed by atoms with van der Waals surface area (Å²) in [6.45, 7) is 6.81. The first-order valence-corrected chi connectivity index (χ1v) is 7.43. The molecule has 0 aliphatic heterocycles. The summed E-state index contributed by atoms with van der Waals surface area (Å²) in [5.74, 6) is 0.579. The Balaban J connectivity index is 1.94. The second kappa shape index (κ2) is 7.50. The molecule has 0 bridgehead atoms. The van der Waals surface area contributed by atoms with Crippen LogP contribution in [-0.4, -0.2) is 19.1 Å². The normalized spacial score (nSPS) is 10.1. The molecular formula is C18H22N2O2. The van der Waals surface area contributed by atoms with E-state index in [0.717, 1.165) is 5.69 Å². The Hall–Kier alpha value is -2.49. The van der Waals surface area contributed by atoms with Gasteiger partial charge >= 0.3 is 0 Å². The zero-order valence-corrected chi connectivity index (χ0v) is 13.3. The van der Waals surface area contributed by atoms with Crippen molar-refractivity contribution >= 4 is 17.3 Å². The molecule has 0 aliphatic rings. The fourth-order valence-electron chi connectivity index (χ4n) is 2.08. The molecular weight excluding hydrogens is 276 g/mol. The number of carbonyl (C=O) groups is 1. The Morgan fingerprint density at radius 2 is 1.86 bits per heavy atom. The molecule has 116 valence electrons. The third kappa shape index (κ3) is 4.25. The number of hydrogen-bond acceptors (Lipinski definition) is 3. The number of anilines is 2. The van der Waals surface area contributed by atoms with Crippen LogP contribution in [0.3, 0.4) is 0 Å². The van der Waals surface area contributed by atoms with Crippen LogP contribution in [0, 0.1) is 13.8 Å². The molecule has 0 heterocycles. The standard InChI is InChI=1S/C18H22N2O2/c1-4-22-17-8-6-5-7-16(17)20-18(21)12-19-15-10-9-13(2)14(3)11-15/h5-11,19H,4,12H2,1-3H3,(H,20,21). The third-order valence-electron chi connectivity index (χ3n) is 3.42. The van der Waals surface area contributed by atoms with Crippen LogP contribution in [0.1, 0.15) is 18.1 Å². The van der Waals surface area contributed by atoms with Crippen LogP contribution in [0.2, 0.25) is 0 Å². The Bertz CT molecular complexity index is 653. The Labute approximate surface area is 131 Å². The number of para-hydroxylation sites is 2. The van der Waals surface area contributed by atoms with Crippen molar-refractivity contribution in [3.63, 3.8) is 0 Å². The monoisotopic (exact) mass is 298 g/mol. The van der Waals surface area contributed by atoms with Crippen LogP contribution >= 0.6 is 0 Å². The third-order valence-corrected chi connectivity index (χ3v) is 3.42. The van der Waals surface area contributed by atoms with E-state index in [1.807, 2.05) is 49.4 Å². The lowest BCUT2D eigenvalue weighted by molar-refractivity contribution is -0.114. The predicted molar refractivity (Wildman–Crippen MR) is 90.6 cm³/mol. The van der Waals surface area contributed by atoms with Crippen molar-refractivity contribution in [3.8, 4) is 5.75 Å². The van der Waals surface area contributed by atoms with Crippen molar-refractivity contribution in [1.29, 1.82) is 0 Å². The van der Waals surface area contributed by atoms with Crippen LogP contribution in [0.25, 0.3) is 0 Å². The fraction of sp³-hybridized carbons (Fsp3) is 0.278. The van der Waals surface area contributed by atoms with Gasteiger partial charge in [0.05, 0.1) is 18.8 Å². The van der Waals surface area contributed by atoms with E-state index in [1.165, 1.54) is 11.1 Å². The maximum atomic E-state index is 12.1. The molecule has 0 radical (unpaired) electrons. The second-order valence-corrected chi connectivity index (χ2v) is 5.13. The minimum atomic E-state index is -0.106. The van der Waals surface area contributed by atoms with E-state index in [4.69, 9.17) is 4.74 Å². The molecule has 0 fully saturated rings. The van der Waals surface area contributed by atoms with E-state index < -0.39 is 0 Å². The zero-order valence-electron chi connectivity index (χ0n) is 13.3. The summed E-state index contributed by atoms with van der Waals surface area (Å²) < 4.78 is 5.49. The van der Waals surface area contributed by atoms with Gasteiger partial charge in [-0.05, 0) is 56.2 Å². The maximum Gasteiger partial charge on any atom is 0.243 e. The van der Waals surface area contributed by atoms with Gasteiger partial charge in [0.25, 0.3) is 0 Å². The molecule has 1 amide bonds. The topological polar surface area (TPSA) is 50.4 Å². The zero-order chi connectivity index (χ0) is 15.9. The molecule has 22 heavy (non-hydrogen) atoms. The lowest BCUT2D eigenvalue weighted by Gasteiger charge is -2.12. The molecule has 0 spiro atoms. The average molecular weight is 298 g/mol. The minimum absolute atomic E-state index is 0.106. The highest BCUT2D eigenvalue weighted by atomic mass is 16.5. The highest BCUT2D eigenvalue weighted by molar-refractivity contribution is 5.95. The summed E-state index contributed by atoms with van der Waals surface area (Å²) in [6, 6.07) is 13.5. The summed E-state index contributed by atoms with van der Waals surface area (Å²) in [7, 11) is 0. The van der Waals surface area contributed by atoms with E-state index in [0.29, 0.717) is 18.0 Å². The molecule has 0 atom stereocenters. The summed E-state index contributed by atoms with van der Waals surface area (Å²) in [5, 5.41) is 6.00. The van der Waals surface area contributed by atoms with Gasteiger partial charge in [-0.3, -0.25) is 4.79 Å². The molecule has 4 heteroatoms. The van der Waals surface area contributed by atoms with Gasteiger partial charge in [-0.1, -0.05) is 18.2 Å². The quantitative estimate of drug-likeness (QED) is 0.854. The van der Waals surface area contributed by atoms with Crippen LogP contribution in [0.15, 0.2) is 42.5 Å². The number of rotatable bonds is 6. The molecule has 4 nitrogen and oxygen atoms in total. The van der Waals surface area contributed by atoms with Crippen molar-refractivity contribution in [3.05, 3.63) is 53.6 Å². The first-order valence-electron chi connectivity index (χ1n) is 7.43. The highest BCUT2D eigenvalue weighted by Crippen LogP contribution is 2.23. The maximum absolute atomic E-state index is 12.1. The molecule has 0 saturated heterocycles. The lowest BCUT2D eigenvalue weighted by Crippen LogP contribution is -2.22. The van der Waals surface area contributed by atoms with Crippen LogP contribution in [0.5, 0.6) is 5.75 Å². The smallest absolute Gasteiger partial charge is 0.243 e. The molecule has 0 unspecified atom stereocenters. The van der Waals surface area contributed by atoms with E-state index in [2.05, 4.69) is 24.5 Å². The van der Waals surface area contributed by atoms with Gasteiger partial charge in [0, 0.05) is 5.69 Å². The average Bonchev–Trinajstić information content (AvgIpc) is 2.51. The highest BCUT2D eigenvalue weighted by Gasteiger charge is 2.07. The Morgan fingerprint density at radius 3 is 2.59 bits per heavy atom. The Morgan fingerprint density at radius 1 is 1.09 bits per heavy atom. The molecule has 2 aromatic carbocycles. The van der Waals surface area contributed by atoms with E-state index in [9.17, 15) is 4.79 Å². The number of hydrogen-bond donors (Lipinski definition) is 2. The first kappa shape index (κ1) is 15.9. The lowest BCUT2D eigenvalue weighted by atomic mass is 10.1. The minimum Gasteiger partial charge on any atom is -0.492 e. The van der Waals surface area contributed by atoms with Crippen LogP contribution in [-0.2, 0) is 4.79 Å². The summed E-state index contributed by atoms with van der Waals surface area (Å²) >= 11 is 0. The number of amides is 1. The van der Waals surface area contributed by atoms with E-state index in [-0.39, 0.29) is 12.5 Å². The van der Waals surface area contributed by atoms with Gasteiger partial charge in [-0.15, -0.1) is 0 Å². The number of aryl methyl sites for hydroxylation is 2. The Kier molecular flexibility index (Phi) is 5.42. The van der Waals surface area contributed by atoms with Crippen molar-refractivity contribution in [2.45, 2.75) is 20.8 Å². The summed E-state index contributed by atoms with van der Waals surface area (Å²) in [5.41, 5.74) is 4.07. The number of ether oxygens (including phenoxy) is 1. The van der Waals surface area contributed by atoms with Crippen molar-refractivity contribution in [2.24, 2.45) is 0 Å². The van der Waals surface area contributed by atoms with Crippen LogP contribution in [0.4, 0.5) is 11.4 Å². The van der Waals surface area contributed by atoms with Crippen molar-refractivity contribution < 1.29 is 9.53 Å². The second-order valence-electron chi connectivity index (χ2n) is 5.13. The van der Waals surface area contributed by atoms with Crippen LogP contribution < -0.4 is 15.4 Å². The molecule has 0 aliphatic carbocycles. The van der Waals surface area contributed by atoms with Gasteiger partial charge in [0.15, 0.2) is 0 Å². The number of benzene rings is 2. The van der Waals surface area contributed by atoms with Crippen molar-refractivity contribution in [1.82, 2.24) is 0 Å². The number of carbonyl (C=O) groups excluding carboxylic acids is 1. The molecule has 2 aromatic rings. The molecule has 0 saturated carbocycles. The van der Waals surface area contributed by atoms with Gasteiger partial charge < -0.3 is 15.4 Å². The largest absolute Gasteiger partial charge is 0.492 e. The van der Waals surface area contributed by atoms with E-state index in [1.54, 1.807) is 0 Å². The number of nitrogens with one attached hydrogen (secondary N) is 2. The van der Waals surface area contributed by atoms with E-state index >= 15 is 0 Å². The first-order chi connectivity index (χ1) is 10.6.